The van der Waals surface area contributed by atoms with Crippen LogP contribution in [0.3, 0.4) is 0 Å². The van der Waals surface area contributed by atoms with Crippen molar-refractivity contribution in [3.63, 3.8) is 0 Å². The van der Waals surface area contributed by atoms with Crippen LogP contribution in [0.15, 0.2) is 47.3 Å². The van der Waals surface area contributed by atoms with E-state index < -0.39 is 57.2 Å². The maximum atomic E-state index is 15.2. The number of aromatic nitrogens is 1. The molecule has 7 nitrogen and oxygen atoms in total. The van der Waals surface area contributed by atoms with E-state index in [-0.39, 0.29) is 30.3 Å². The van der Waals surface area contributed by atoms with Crippen molar-refractivity contribution < 1.29 is 36.6 Å². The lowest BCUT2D eigenvalue weighted by Gasteiger charge is -2.20. The van der Waals surface area contributed by atoms with Gasteiger partial charge in [-0.1, -0.05) is 13.8 Å². The lowest BCUT2D eigenvalue weighted by molar-refractivity contribution is -0.154. The van der Waals surface area contributed by atoms with Crippen LogP contribution in [0.5, 0.6) is 5.75 Å². The molecule has 0 bridgehead atoms. The third kappa shape index (κ3) is 7.86. The number of halogens is 4. The normalized spacial score (nSPS) is 14.2. The minimum Gasteiger partial charge on any atom is -0.493 e. The molecule has 1 fully saturated rings. The Morgan fingerprint density at radius 2 is 1.59 bits per heavy atom. The van der Waals surface area contributed by atoms with Crippen LogP contribution in [0.25, 0.3) is 5.69 Å². The van der Waals surface area contributed by atoms with E-state index in [0.29, 0.717) is 42.2 Å². The van der Waals surface area contributed by atoms with Gasteiger partial charge in [0.05, 0.1) is 23.7 Å². The lowest BCUT2D eigenvalue weighted by atomic mass is 9.92. The van der Waals surface area contributed by atoms with Gasteiger partial charge in [0.25, 0.3) is 5.56 Å². The van der Waals surface area contributed by atoms with Crippen LogP contribution in [0, 0.1) is 35.1 Å². The molecule has 0 spiro atoms. The van der Waals surface area contributed by atoms with Crippen molar-refractivity contribution in [2.75, 3.05) is 12.3 Å². The van der Waals surface area contributed by atoms with Crippen molar-refractivity contribution >= 4 is 17.6 Å². The van der Waals surface area contributed by atoms with E-state index in [2.05, 4.69) is 0 Å². The first-order chi connectivity index (χ1) is 21.0. The first-order valence-electron chi connectivity index (χ1n) is 14.8. The molecule has 0 saturated heterocycles. The number of carbonyl (C=O) groups excluding carboxylic acids is 2. The first-order valence-corrected chi connectivity index (χ1v) is 14.8. The number of hydrogen-bond acceptors (Lipinski definition) is 6. The van der Waals surface area contributed by atoms with Gasteiger partial charge in [0.15, 0.2) is 17.4 Å². The highest BCUT2D eigenvalue weighted by molar-refractivity contribution is 6.11. The van der Waals surface area contributed by atoms with Crippen molar-refractivity contribution in [3.8, 4) is 11.4 Å². The van der Waals surface area contributed by atoms with Crippen molar-refractivity contribution in [2.24, 2.45) is 11.8 Å². The molecule has 1 aromatic heterocycles. The molecular formula is C33H36F4N2O5. The Morgan fingerprint density at radius 3 is 2.23 bits per heavy atom. The number of ketones is 1. The SMILES string of the molecule is CC(C)C[C@H](CCCCOc1cc(F)c(-n2c(N)c(C(=O)c3ccc(F)cc3F)ccc2=O)c(F)c1)C(=O)OC1CCCC1. The molecule has 236 valence electrons. The summed E-state index contributed by atoms with van der Waals surface area (Å²) in [6.45, 7) is 4.22. The number of unbranched alkanes of at least 4 members (excludes halogenated alkanes) is 1. The third-order valence-electron chi connectivity index (χ3n) is 7.65. The number of pyridine rings is 1. The van der Waals surface area contributed by atoms with Crippen molar-refractivity contribution in [1.29, 1.82) is 0 Å². The second-order valence-corrected chi connectivity index (χ2v) is 11.5. The quantitative estimate of drug-likeness (QED) is 0.0970. The Hall–Kier alpha value is -4.15. The smallest absolute Gasteiger partial charge is 0.309 e. The summed E-state index contributed by atoms with van der Waals surface area (Å²) in [6, 6.07) is 5.93. The summed E-state index contributed by atoms with van der Waals surface area (Å²) in [5, 5.41) is 0. The standard InChI is InChI=1S/C33H36F4N2O5/c1-19(2)15-20(33(42)44-22-8-3-4-9-22)7-5-6-14-43-23-17-27(36)30(28(37)18-23)39-29(40)13-12-25(32(39)38)31(41)24-11-10-21(34)16-26(24)35/h10-13,16-20,22H,3-9,14-15,38H2,1-2H3/t20-/m0/s1. The number of carbonyl (C=O) groups is 2. The van der Waals surface area contributed by atoms with Crippen LogP contribution in [0.2, 0.25) is 0 Å². The van der Waals surface area contributed by atoms with Gasteiger partial charge in [-0.15, -0.1) is 0 Å². The lowest BCUT2D eigenvalue weighted by Crippen LogP contribution is -2.25. The molecule has 1 aliphatic carbocycles. The Balaban J connectivity index is 1.42. The zero-order valence-electron chi connectivity index (χ0n) is 24.7. The minimum absolute atomic E-state index is 0.000213. The van der Waals surface area contributed by atoms with Crippen LogP contribution in [0.1, 0.15) is 81.1 Å². The number of benzene rings is 2. The van der Waals surface area contributed by atoms with Gasteiger partial charge in [0, 0.05) is 24.3 Å². The van der Waals surface area contributed by atoms with E-state index >= 15 is 8.78 Å². The molecule has 0 radical (unpaired) electrons. The van der Waals surface area contributed by atoms with E-state index in [1.54, 1.807) is 0 Å². The van der Waals surface area contributed by atoms with Gasteiger partial charge in [-0.05, 0) is 75.5 Å². The first kappa shape index (κ1) is 32.8. The van der Waals surface area contributed by atoms with Gasteiger partial charge in [-0.25, -0.2) is 17.6 Å². The number of ether oxygens (including phenoxy) is 2. The molecular weight excluding hydrogens is 580 g/mol. The monoisotopic (exact) mass is 616 g/mol. The number of hydrogen-bond donors (Lipinski definition) is 1. The molecule has 3 aromatic rings. The van der Waals surface area contributed by atoms with Crippen LogP contribution < -0.4 is 16.0 Å². The Morgan fingerprint density at radius 1 is 0.932 bits per heavy atom. The average molecular weight is 617 g/mol. The average Bonchev–Trinajstić information content (AvgIpc) is 3.46. The Labute approximate surface area is 253 Å². The molecule has 1 atom stereocenters. The molecule has 11 heteroatoms. The Kier molecular flexibility index (Phi) is 10.8. The van der Waals surface area contributed by atoms with E-state index in [1.165, 1.54) is 0 Å². The van der Waals surface area contributed by atoms with Gasteiger partial charge >= 0.3 is 5.97 Å². The molecule has 0 unspecified atom stereocenters. The fourth-order valence-electron chi connectivity index (χ4n) is 5.48. The number of esters is 1. The van der Waals surface area contributed by atoms with Crippen molar-refractivity contribution in [2.45, 2.75) is 71.3 Å². The molecule has 4 rings (SSSR count). The predicted molar refractivity (Wildman–Crippen MR) is 157 cm³/mol. The molecule has 0 amide bonds. The number of nitrogens with two attached hydrogens (primary N) is 1. The highest BCUT2D eigenvalue weighted by Gasteiger charge is 2.26. The summed E-state index contributed by atoms with van der Waals surface area (Å²) in [7, 11) is 0. The molecule has 44 heavy (non-hydrogen) atoms. The topological polar surface area (TPSA) is 101 Å². The molecule has 2 N–H and O–H groups in total. The number of nitrogen functional groups attached to an aromatic ring is 1. The predicted octanol–water partition coefficient (Wildman–Crippen LogP) is 6.90. The highest BCUT2D eigenvalue weighted by atomic mass is 19.1. The molecule has 0 aliphatic heterocycles. The van der Waals surface area contributed by atoms with E-state index in [9.17, 15) is 23.2 Å². The minimum atomic E-state index is -1.18. The summed E-state index contributed by atoms with van der Waals surface area (Å²) >= 11 is 0. The number of anilines is 1. The molecule has 1 saturated carbocycles. The second-order valence-electron chi connectivity index (χ2n) is 11.5. The summed E-state index contributed by atoms with van der Waals surface area (Å²) < 4.78 is 69.7. The van der Waals surface area contributed by atoms with E-state index in [1.807, 2.05) is 13.8 Å². The summed E-state index contributed by atoms with van der Waals surface area (Å²) in [4.78, 5) is 38.3. The maximum absolute atomic E-state index is 15.2. The summed E-state index contributed by atoms with van der Waals surface area (Å²) in [5.41, 5.74) is 3.28. The summed E-state index contributed by atoms with van der Waals surface area (Å²) in [6.07, 6.45) is 6.42. The highest BCUT2D eigenvalue weighted by Crippen LogP contribution is 2.28. The fourth-order valence-corrected chi connectivity index (χ4v) is 5.48. The zero-order valence-corrected chi connectivity index (χ0v) is 24.7. The van der Waals surface area contributed by atoms with Crippen LogP contribution in [-0.2, 0) is 9.53 Å². The van der Waals surface area contributed by atoms with Gasteiger partial charge in [-0.2, -0.15) is 0 Å². The molecule has 1 aliphatic rings. The fraction of sp³-hybridized carbons (Fsp3) is 0.424. The molecule has 2 aromatic carbocycles. The number of rotatable bonds is 13. The van der Waals surface area contributed by atoms with Crippen molar-refractivity contribution in [3.05, 3.63) is 87.2 Å². The third-order valence-corrected chi connectivity index (χ3v) is 7.65. The zero-order chi connectivity index (χ0) is 32.0. The summed E-state index contributed by atoms with van der Waals surface area (Å²) in [5.74, 6) is -6.27. The van der Waals surface area contributed by atoms with Crippen LogP contribution in [0.4, 0.5) is 23.4 Å². The van der Waals surface area contributed by atoms with Crippen LogP contribution in [-0.4, -0.2) is 29.0 Å². The number of nitrogens with zero attached hydrogens (tertiary/aromatic N) is 1. The Bertz CT molecular complexity index is 1540. The maximum Gasteiger partial charge on any atom is 0.309 e. The van der Waals surface area contributed by atoms with Crippen molar-refractivity contribution in [1.82, 2.24) is 4.57 Å². The van der Waals surface area contributed by atoms with Gasteiger partial charge in [0.2, 0.25) is 0 Å². The van der Waals surface area contributed by atoms with E-state index in [4.69, 9.17) is 15.2 Å². The molecule has 1 heterocycles. The van der Waals surface area contributed by atoms with Gasteiger partial charge in [0.1, 0.15) is 35.0 Å². The van der Waals surface area contributed by atoms with E-state index in [0.717, 1.165) is 62.1 Å². The van der Waals surface area contributed by atoms with Crippen LogP contribution >= 0.6 is 0 Å². The van der Waals surface area contributed by atoms with Gasteiger partial charge < -0.3 is 15.2 Å². The largest absolute Gasteiger partial charge is 0.493 e. The second kappa shape index (κ2) is 14.5. The van der Waals surface area contributed by atoms with Gasteiger partial charge in [-0.3, -0.25) is 19.0 Å².